The summed E-state index contributed by atoms with van der Waals surface area (Å²) in [5.74, 6) is 2.43. The summed E-state index contributed by atoms with van der Waals surface area (Å²) >= 11 is 3.47. The summed E-state index contributed by atoms with van der Waals surface area (Å²) in [6.07, 6.45) is 2.80. The smallest absolute Gasteiger partial charge is 0.226 e. The second kappa shape index (κ2) is 6.61. The van der Waals surface area contributed by atoms with Crippen LogP contribution in [0.15, 0.2) is 71.3 Å². The second-order valence-corrected chi connectivity index (χ2v) is 6.69. The van der Waals surface area contributed by atoms with Crippen LogP contribution in [-0.2, 0) is 0 Å². The third kappa shape index (κ3) is 3.57. The Kier molecular flexibility index (Phi) is 4.17. The Morgan fingerprint density at radius 1 is 1.00 bits per heavy atom. The summed E-state index contributed by atoms with van der Waals surface area (Å²) in [7, 11) is 0. The maximum atomic E-state index is 5.75. The molecule has 0 unspecified atom stereocenters. The van der Waals surface area contributed by atoms with Crippen LogP contribution in [0.25, 0.3) is 0 Å². The van der Waals surface area contributed by atoms with Crippen molar-refractivity contribution in [2.24, 2.45) is 0 Å². The molecule has 0 radical (unpaired) electrons. The van der Waals surface area contributed by atoms with E-state index in [4.69, 9.17) is 4.74 Å². The molecule has 0 spiro atoms. The van der Waals surface area contributed by atoms with E-state index in [1.54, 1.807) is 12.3 Å². The summed E-state index contributed by atoms with van der Waals surface area (Å²) < 4.78 is 6.85. The third-order valence-corrected chi connectivity index (χ3v) is 4.53. The van der Waals surface area contributed by atoms with Crippen molar-refractivity contribution in [3.05, 3.63) is 76.9 Å². The lowest BCUT2D eigenvalue weighted by Gasteiger charge is -2.07. The number of aromatic nitrogens is 2. The SMILES string of the molecule is Brc1ccc([C@@H]2C[C@H]2Nc2nccc(Oc3ccccc3)n2)cc1. The average molecular weight is 382 g/mol. The van der Waals surface area contributed by atoms with Crippen molar-refractivity contribution in [3.8, 4) is 11.6 Å². The number of hydrogen-bond acceptors (Lipinski definition) is 4. The van der Waals surface area contributed by atoms with Crippen LogP contribution >= 0.6 is 15.9 Å². The Morgan fingerprint density at radius 2 is 1.79 bits per heavy atom. The molecular formula is C19H16BrN3O. The molecule has 1 heterocycles. The van der Waals surface area contributed by atoms with E-state index in [-0.39, 0.29) is 0 Å². The Bertz CT molecular complexity index is 824. The predicted molar refractivity (Wildman–Crippen MR) is 97.5 cm³/mol. The average Bonchev–Trinajstić information content (AvgIpc) is 3.36. The number of halogens is 1. The van der Waals surface area contributed by atoms with Crippen molar-refractivity contribution in [1.82, 2.24) is 9.97 Å². The van der Waals surface area contributed by atoms with Crippen molar-refractivity contribution in [2.75, 3.05) is 5.32 Å². The number of benzene rings is 2. The van der Waals surface area contributed by atoms with Gasteiger partial charge in [0.15, 0.2) is 0 Å². The molecule has 120 valence electrons. The third-order valence-electron chi connectivity index (χ3n) is 4.00. The molecular weight excluding hydrogens is 366 g/mol. The van der Waals surface area contributed by atoms with E-state index in [1.807, 2.05) is 30.3 Å². The van der Waals surface area contributed by atoms with Crippen molar-refractivity contribution in [2.45, 2.75) is 18.4 Å². The Labute approximate surface area is 149 Å². The van der Waals surface area contributed by atoms with Crippen LogP contribution < -0.4 is 10.1 Å². The molecule has 0 amide bonds. The minimum atomic E-state index is 0.373. The van der Waals surface area contributed by atoms with Gasteiger partial charge in [0.25, 0.3) is 0 Å². The van der Waals surface area contributed by atoms with Gasteiger partial charge in [-0.25, -0.2) is 4.98 Å². The van der Waals surface area contributed by atoms with E-state index in [0.29, 0.717) is 23.8 Å². The molecule has 24 heavy (non-hydrogen) atoms. The van der Waals surface area contributed by atoms with Gasteiger partial charge in [-0.15, -0.1) is 0 Å². The molecule has 2 atom stereocenters. The number of para-hydroxylation sites is 1. The highest BCUT2D eigenvalue weighted by atomic mass is 79.9. The molecule has 0 bridgehead atoms. The minimum absolute atomic E-state index is 0.373. The Hall–Kier alpha value is -2.40. The number of nitrogens with zero attached hydrogens (tertiary/aromatic N) is 2. The van der Waals surface area contributed by atoms with E-state index in [0.717, 1.165) is 16.6 Å². The standard InChI is InChI=1S/C19H16BrN3O/c20-14-8-6-13(7-9-14)16-12-17(16)22-19-21-11-10-18(23-19)24-15-4-2-1-3-5-15/h1-11,16-17H,12H2,(H,21,22,23)/t16-,17+/m0/s1. The highest BCUT2D eigenvalue weighted by Crippen LogP contribution is 2.42. The fraction of sp³-hybridized carbons (Fsp3) is 0.158. The molecule has 4 nitrogen and oxygen atoms in total. The first-order chi connectivity index (χ1) is 11.8. The van der Waals surface area contributed by atoms with Gasteiger partial charge in [-0.05, 0) is 36.2 Å². The topological polar surface area (TPSA) is 47.0 Å². The molecule has 1 N–H and O–H groups in total. The van der Waals surface area contributed by atoms with E-state index in [1.165, 1.54) is 5.56 Å². The lowest BCUT2D eigenvalue weighted by Crippen LogP contribution is -2.07. The van der Waals surface area contributed by atoms with Gasteiger partial charge in [0.1, 0.15) is 5.75 Å². The van der Waals surface area contributed by atoms with Crippen molar-refractivity contribution in [1.29, 1.82) is 0 Å². The molecule has 3 aromatic rings. The normalized spacial score (nSPS) is 18.9. The van der Waals surface area contributed by atoms with Gasteiger partial charge in [0.2, 0.25) is 11.8 Å². The molecule has 1 saturated carbocycles. The summed E-state index contributed by atoms with van der Waals surface area (Å²) in [6.45, 7) is 0. The molecule has 5 heteroatoms. The van der Waals surface area contributed by atoms with Crippen LogP contribution in [0.3, 0.4) is 0 Å². The molecule has 0 aliphatic heterocycles. The van der Waals surface area contributed by atoms with Crippen molar-refractivity contribution < 1.29 is 4.74 Å². The van der Waals surface area contributed by atoms with Crippen LogP contribution in [-0.4, -0.2) is 16.0 Å². The van der Waals surface area contributed by atoms with Gasteiger partial charge in [-0.1, -0.05) is 46.3 Å². The molecule has 1 aliphatic carbocycles. The summed E-state index contributed by atoms with van der Waals surface area (Å²) in [5.41, 5.74) is 1.34. The van der Waals surface area contributed by atoms with Crippen LogP contribution in [0, 0.1) is 0 Å². The Balaban J connectivity index is 1.41. The lowest BCUT2D eigenvalue weighted by molar-refractivity contribution is 0.462. The van der Waals surface area contributed by atoms with Gasteiger partial charge >= 0.3 is 0 Å². The quantitative estimate of drug-likeness (QED) is 0.675. The molecule has 1 aliphatic rings. The summed E-state index contributed by atoms with van der Waals surface area (Å²) in [5, 5.41) is 3.39. The van der Waals surface area contributed by atoms with E-state index >= 15 is 0 Å². The predicted octanol–water partition coefficient (Wildman–Crippen LogP) is 5.00. The zero-order chi connectivity index (χ0) is 16.4. The van der Waals surface area contributed by atoms with E-state index in [9.17, 15) is 0 Å². The number of nitrogens with one attached hydrogen (secondary N) is 1. The van der Waals surface area contributed by atoms with Gasteiger partial charge in [-0.2, -0.15) is 4.98 Å². The molecule has 0 saturated heterocycles. The highest BCUT2D eigenvalue weighted by Gasteiger charge is 2.38. The van der Waals surface area contributed by atoms with Crippen molar-refractivity contribution >= 4 is 21.9 Å². The van der Waals surface area contributed by atoms with E-state index < -0.39 is 0 Å². The monoisotopic (exact) mass is 381 g/mol. The van der Waals surface area contributed by atoms with Crippen LogP contribution in [0.4, 0.5) is 5.95 Å². The fourth-order valence-corrected chi connectivity index (χ4v) is 2.94. The molecule has 4 rings (SSSR count). The maximum absolute atomic E-state index is 5.75. The summed E-state index contributed by atoms with van der Waals surface area (Å²) in [6, 6.07) is 20.2. The zero-order valence-electron chi connectivity index (χ0n) is 12.9. The zero-order valence-corrected chi connectivity index (χ0v) is 14.5. The number of rotatable bonds is 5. The number of ether oxygens (including phenoxy) is 1. The Morgan fingerprint density at radius 3 is 2.58 bits per heavy atom. The number of anilines is 1. The molecule has 2 aromatic carbocycles. The van der Waals surface area contributed by atoms with E-state index in [2.05, 4.69) is 55.5 Å². The molecule has 1 aromatic heterocycles. The van der Waals surface area contributed by atoms with Crippen LogP contribution in [0.1, 0.15) is 17.9 Å². The second-order valence-electron chi connectivity index (χ2n) is 5.78. The first kappa shape index (κ1) is 15.1. The van der Waals surface area contributed by atoms with Gasteiger partial charge in [0.05, 0.1) is 0 Å². The lowest BCUT2D eigenvalue weighted by atomic mass is 10.1. The summed E-state index contributed by atoms with van der Waals surface area (Å²) in [4.78, 5) is 8.73. The van der Waals surface area contributed by atoms with Crippen molar-refractivity contribution in [3.63, 3.8) is 0 Å². The largest absolute Gasteiger partial charge is 0.439 e. The highest BCUT2D eigenvalue weighted by molar-refractivity contribution is 9.10. The molecule has 1 fully saturated rings. The minimum Gasteiger partial charge on any atom is -0.439 e. The van der Waals surface area contributed by atoms with Crippen LogP contribution in [0.5, 0.6) is 11.6 Å². The van der Waals surface area contributed by atoms with Gasteiger partial charge in [-0.3, -0.25) is 0 Å². The first-order valence-corrected chi connectivity index (χ1v) is 8.65. The maximum Gasteiger partial charge on any atom is 0.226 e. The van der Waals surface area contributed by atoms with Crippen LogP contribution in [0.2, 0.25) is 0 Å². The van der Waals surface area contributed by atoms with Gasteiger partial charge < -0.3 is 10.1 Å². The number of hydrogen-bond donors (Lipinski definition) is 1. The first-order valence-electron chi connectivity index (χ1n) is 7.86. The van der Waals surface area contributed by atoms with Gasteiger partial charge in [0, 0.05) is 28.7 Å². The fourth-order valence-electron chi connectivity index (χ4n) is 2.68.